The van der Waals surface area contributed by atoms with Gasteiger partial charge < -0.3 is 10.2 Å². The van der Waals surface area contributed by atoms with Gasteiger partial charge in [-0.2, -0.15) is 28.6 Å². The summed E-state index contributed by atoms with van der Waals surface area (Å²) in [6.45, 7) is 1.60. The lowest BCUT2D eigenvalue weighted by Gasteiger charge is -2.32. The molecule has 1 saturated heterocycles. The predicted octanol–water partition coefficient (Wildman–Crippen LogP) is 3.93. The van der Waals surface area contributed by atoms with E-state index in [0.29, 0.717) is 30.0 Å². The number of hydrogen-bond donors (Lipinski definition) is 1. The third kappa shape index (κ3) is 4.83. The summed E-state index contributed by atoms with van der Waals surface area (Å²) in [4.78, 5) is 14.4. The van der Waals surface area contributed by atoms with Crippen LogP contribution in [-0.2, 0) is 27.9 Å². The second-order valence-electron chi connectivity index (χ2n) is 11.5. The van der Waals surface area contributed by atoms with Gasteiger partial charge in [0.1, 0.15) is 17.4 Å². The lowest BCUT2D eigenvalue weighted by atomic mass is 9.93. The molecule has 1 aliphatic heterocycles. The van der Waals surface area contributed by atoms with Crippen LogP contribution >= 0.6 is 0 Å². The SMILES string of the molecule is Cc1cc(N2C[C@H](S(=O)(=O)c3ccc(-c4ccnn4C)cc3C(F)(F)F)C[C@H]2C(=O)NC2(C#N)CC2)n(C2CCC2)n1. The summed E-state index contributed by atoms with van der Waals surface area (Å²) in [5.74, 6) is 0.0350. The van der Waals surface area contributed by atoms with Crippen molar-refractivity contribution in [2.75, 3.05) is 11.4 Å². The smallest absolute Gasteiger partial charge is 0.343 e. The van der Waals surface area contributed by atoms with Crippen LogP contribution in [0.15, 0.2) is 41.4 Å². The average molecular weight is 602 g/mol. The fraction of sp³-hybridized carbons (Fsp3) is 0.500. The van der Waals surface area contributed by atoms with Crippen molar-refractivity contribution in [2.45, 2.75) is 79.4 Å². The molecule has 2 aromatic heterocycles. The van der Waals surface area contributed by atoms with E-state index in [9.17, 15) is 31.6 Å². The first kappa shape index (κ1) is 28.3. The van der Waals surface area contributed by atoms with Gasteiger partial charge >= 0.3 is 6.18 Å². The molecule has 2 saturated carbocycles. The number of anilines is 1. The highest BCUT2D eigenvalue weighted by molar-refractivity contribution is 7.92. The number of aromatic nitrogens is 4. The highest BCUT2D eigenvalue weighted by Crippen LogP contribution is 2.42. The van der Waals surface area contributed by atoms with Crippen LogP contribution in [0.2, 0.25) is 0 Å². The number of alkyl halides is 3. The Kier molecular flexibility index (Phi) is 6.64. The van der Waals surface area contributed by atoms with Crippen molar-refractivity contribution in [1.29, 1.82) is 5.26 Å². The average Bonchev–Trinajstić information content (AvgIpc) is 3.19. The molecule has 0 spiro atoms. The fourth-order valence-electron chi connectivity index (χ4n) is 5.85. The van der Waals surface area contributed by atoms with Crippen molar-refractivity contribution in [2.24, 2.45) is 7.05 Å². The van der Waals surface area contributed by atoms with E-state index < -0.39 is 49.2 Å². The molecule has 14 heteroatoms. The number of rotatable bonds is 7. The Morgan fingerprint density at radius 3 is 2.50 bits per heavy atom. The van der Waals surface area contributed by atoms with Crippen LogP contribution in [0.3, 0.4) is 0 Å². The van der Waals surface area contributed by atoms with Crippen molar-refractivity contribution < 1.29 is 26.4 Å². The van der Waals surface area contributed by atoms with Gasteiger partial charge in [0, 0.05) is 31.4 Å². The van der Waals surface area contributed by atoms with Crippen LogP contribution in [-0.4, -0.2) is 57.3 Å². The van der Waals surface area contributed by atoms with Crippen LogP contribution in [0.4, 0.5) is 19.0 Å². The summed E-state index contributed by atoms with van der Waals surface area (Å²) < 4.78 is 74.3. The lowest BCUT2D eigenvalue weighted by molar-refractivity contribution is -0.139. The molecule has 222 valence electrons. The van der Waals surface area contributed by atoms with Crippen LogP contribution < -0.4 is 10.2 Å². The molecule has 1 N–H and O–H groups in total. The van der Waals surface area contributed by atoms with Gasteiger partial charge in [-0.3, -0.25) is 9.48 Å². The standard InChI is InChI=1S/C28H30F3N7O3S/c1-17-12-25(38(35-17)19-4-3-5-19)37-15-20(14-23(37)26(39)34-27(16-32)9-10-27)42(40,41)24-7-6-18(13-21(24)28(29,30)31)22-8-11-33-36(22)2/h6-8,11-13,19-20,23H,3-5,9-10,14-15H2,1-2H3,(H,34,39)/t20-,23+/m1/s1. The predicted molar refractivity (Wildman–Crippen MR) is 146 cm³/mol. The molecule has 6 rings (SSSR count). The van der Waals surface area contributed by atoms with E-state index in [-0.39, 0.29) is 24.6 Å². The second-order valence-corrected chi connectivity index (χ2v) is 13.7. The van der Waals surface area contributed by atoms with Gasteiger partial charge in [-0.25, -0.2) is 13.1 Å². The molecular formula is C28H30F3N7O3S. The number of nitrogens with one attached hydrogen (secondary N) is 1. The molecule has 0 unspecified atom stereocenters. The van der Waals surface area contributed by atoms with Gasteiger partial charge in [-0.05, 0) is 63.6 Å². The van der Waals surface area contributed by atoms with Crippen molar-refractivity contribution in [3.8, 4) is 17.3 Å². The molecule has 3 fully saturated rings. The normalized spacial score (nSPS) is 22.0. The first-order valence-corrected chi connectivity index (χ1v) is 15.4. The molecule has 3 aromatic rings. The quantitative estimate of drug-likeness (QED) is 0.435. The number of halogens is 3. The van der Waals surface area contributed by atoms with E-state index in [2.05, 4.69) is 21.6 Å². The maximum atomic E-state index is 14.4. The molecule has 0 radical (unpaired) electrons. The van der Waals surface area contributed by atoms with Crippen molar-refractivity contribution >= 4 is 21.6 Å². The minimum absolute atomic E-state index is 0.0957. The molecule has 0 bridgehead atoms. The fourth-order valence-corrected chi connectivity index (χ4v) is 7.74. The molecule has 1 amide bonds. The van der Waals surface area contributed by atoms with E-state index in [1.807, 2.05) is 0 Å². The van der Waals surface area contributed by atoms with Crippen LogP contribution in [0.25, 0.3) is 11.3 Å². The molecule has 2 atom stereocenters. The van der Waals surface area contributed by atoms with Gasteiger partial charge in [-0.1, -0.05) is 6.07 Å². The number of sulfone groups is 1. The molecule has 10 nitrogen and oxygen atoms in total. The van der Waals surface area contributed by atoms with E-state index >= 15 is 0 Å². The Labute approximate surface area is 241 Å². The second kappa shape index (κ2) is 9.86. The summed E-state index contributed by atoms with van der Waals surface area (Å²) in [7, 11) is -2.98. The first-order valence-electron chi connectivity index (χ1n) is 13.8. The molecule has 1 aromatic carbocycles. The van der Waals surface area contributed by atoms with Gasteiger partial charge in [0.15, 0.2) is 9.84 Å². The Balaban J connectivity index is 1.39. The molecule has 3 heterocycles. The number of hydrogen-bond acceptors (Lipinski definition) is 7. The van der Waals surface area contributed by atoms with Gasteiger partial charge in [0.05, 0.1) is 39.2 Å². The first-order chi connectivity index (χ1) is 19.8. The lowest BCUT2D eigenvalue weighted by Crippen LogP contribution is -2.48. The maximum Gasteiger partial charge on any atom is 0.417 e. The summed E-state index contributed by atoms with van der Waals surface area (Å²) in [6, 6.07) is 7.69. The number of nitrogens with zero attached hydrogens (tertiary/aromatic N) is 6. The van der Waals surface area contributed by atoms with Gasteiger partial charge in [0.25, 0.3) is 0 Å². The molecule has 42 heavy (non-hydrogen) atoms. The number of carbonyl (C=O) groups excluding carboxylic acids is 1. The van der Waals surface area contributed by atoms with Crippen LogP contribution in [0.5, 0.6) is 0 Å². The molecule has 2 aliphatic carbocycles. The summed E-state index contributed by atoms with van der Waals surface area (Å²) in [5.41, 5.74) is -0.993. The largest absolute Gasteiger partial charge is 0.417 e. The number of carbonyl (C=O) groups is 1. The monoisotopic (exact) mass is 601 g/mol. The van der Waals surface area contributed by atoms with Crippen LogP contribution in [0, 0.1) is 18.3 Å². The Morgan fingerprint density at radius 1 is 1.19 bits per heavy atom. The summed E-state index contributed by atoms with van der Waals surface area (Å²) in [6.07, 6.45) is 0.0272. The van der Waals surface area contributed by atoms with Crippen molar-refractivity contribution in [3.63, 3.8) is 0 Å². The third-order valence-corrected chi connectivity index (χ3v) is 10.8. The summed E-state index contributed by atoms with van der Waals surface area (Å²) in [5, 5.41) is 19.6. The Morgan fingerprint density at radius 2 is 1.93 bits per heavy atom. The van der Waals surface area contributed by atoms with Gasteiger partial charge in [-0.15, -0.1) is 0 Å². The zero-order valence-corrected chi connectivity index (χ0v) is 23.9. The van der Waals surface area contributed by atoms with E-state index in [1.165, 1.54) is 16.9 Å². The molecule has 3 aliphatic rings. The van der Waals surface area contributed by atoms with Crippen molar-refractivity contribution in [3.05, 3.63) is 47.8 Å². The zero-order valence-electron chi connectivity index (χ0n) is 23.1. The Hall–Kier alpha value is -3.86. The topological polar surface area (TPSA) is 126 Å². The van der Waals surface area contributed by atoms with E-state index in [1.54, 1.807) is 35.7 Å². The van der Waals surface area contributed by atoms with Gasteiger partial charge in [0.2, 0.25) is 5.91 Å². The number of benzene rings is 1. The number of nitriles is 1. The number of aryl methyl sites for hydroxylation is 2. The highest BCUT2D eigenvalue weighted by atomic mass is 32.2. The van der Waals surface area contributed by atoms with Crippen molar-refractivity contribution in [1.82, 2.24) is 24.9 Å². The summed E-state index contributed by atoms with van der Waals surface area (Å²) >= 11 is 0. The maximum absolute atomic E-state index is 14.4. The minimum atomic E-state index is -4.95. The van der Waals surface area contributed by atoms with E-state index in [4.69, 9.17) is 0 Å². The van der Waals surface area contributed by atoms with Crippen LogP contribution in [0.1, 0.15) is 55.8 Å². The molecular weight excluding hydrogens is 571 g/mol. The highest BCUT2D eigenvalue weighted by Gasteiger charge is 2.51. The number of amides is 1. The Bertz CT molecular complexity index is 1700. The zero-order chi connectivity index (χ0) is 30.0. The van der Waals surface area contributed by atoms with E-state index in [0.717, 1.165) is 31.4 Å². The minimum Gasteiger partial charge on any atom is -0.343 e. The third-order valence-electron chi connectivity index (χ3n) is 8.59.